The van der Waals surface area contributed by atoms with Crippen LogP contribution in [-0.2, 0) is 16.3 Å². The molecule has 2 aromatic rings. The zero-order valence-corrected chi connectivity index (χ0v) is 16.0. The van der Waals surface area contributed by atoms with Gasteiger partial charge in [0.05, 0.1) is 11.0 Å². The molecule has 0 saturated carbocycles. The predicted octanol–water partition coefficient (Wildman–Crippen LogP) is 3.04. The molecule has 2 heterocycles. The molecule has 0 bridgehead atoms. The lowest BCUT2D eigenvalue weighted by atomic mass is 10.1. The highest BCUT2D eigenvalue weighted by Gasteiger charge is 2.31. The summed E-state index contributed by atoms with van der Waals surface area (Å²) in [5.41, 5.74) is 1.00. The van der Waals surface area contributed by atoms with Gasteiger partial charge in [0, 0.05) is 35.6 Å². The minimum atomic E-state index is -3.08. The van der Waals surface area contributed by atoms with Gasteiger partial charge in [-0.1, -0.05) is 29.8 Å². The van der Waals surface area contributed by atoms with Crippen LogP contribution in [0.5, 0.6) is 0 Å². The van der Waals surface area contributed by atoms with Gasteiger partial charge >= 0.3 is 6.03 Å². The van der Waals surface area contributed by atoms with E-state index in [4.69, 9.17) is 11.6 Å². The second-order valence-corrected chi connectivity index (χ2v) is 10.0. The molecule has 1 fully saturated rings. The van der Waals surface area contributed by atoms with E-state index < -0.39 is 15.1 Å². The SMILES string of the molecule is CC1CN(C(=O)Nc2ncc(Cc3ccccc3Cl)s2)CCS1(=O)=O. The number of aromatic nitrogens is 1. The van der Waals surface area contributed by atoms with Crippen LogP contribution in [0.25, 0.3) is 0 Å². The number of sulfone groups is 1. The molecule has 25 heavy (non-hydrogen) atoms. The van der Waals surface area contributed by atoms with E-state index in [1.165, 1.54) is 16.2 Å². The van der Waals surface area contributed by atoms with E-state index in [1.54, 1.807) is 13.1 Å². The molecule has 0 aliphatic carbocycles. The summed E-state index contributed by atoms with van der Waals surface area (Å²) in [6.07, 6.45) is 2.36. The van der Waals surface area contributed by atoms with Crippen LogP contribution in [0.3, 0.4) is 0 Å². The maximum Gasteiger partial charge on any atom is 0.323 e. The van der Waals surface area contributed by atoms with Gasteiger partial charge in [0.1, 0.15) is 0 Å². The van der Waals surface area contributed by atoms with E-state index in [0.29, 0.717) is 16.6 Å². The zero-order valence-electron chi connectivity index (χ0n) is 13.6. The van der Waals surface area contributed by atoms with Crippen molar-refractivity contribution in [3.63, 3.8) is 0 Å². The van der Waals surface area contributed by atoms with Gasteiger partial charge in [0.15, 0.2) is 15.0 Å². The molecule has 9 heteroatoms. The van der Waals surface area contributed by atoms with Gasteiger partial charge < -0.3 is 4.90 Å². The molecule has 3 rings (SSSR count). The van der Waals surface area contributed by atoms with Crippen LogP contribution in [0, 0.1) is 0 Å². The lowest BCUT2D eigenvalue weighted by molar-refractivity contribution is 0.213. The summed E-state index contributed by atoms with van der Waals surface area (Å²) in [6, 6.07) is 7.28. The van der Waals surface area contributed by atoms with Crippen molar-refractivity contribution >= 4 is 43.9 Å². The summed E-state index contributed by atoms with van der Waals surface area (Å²) in [7, 11) is -3.08. The standard InChI is InChI=1S/C16H18ClN3O3S2/c1-11-10-20(6-7-25(11,22)23)16(21)19-15-18-9-13(24-15)8-12-4-2-3-5-14(12)17/h2-5,9,11H,6-8,10H2,1H3,(H,18,19,21). The number of rotatable bonds is 3. The fraction of sp³-hybridized carbons (Fsp3) is 0.375. The van der Waals surface area contributed by atoms with Gasteiger partial charge in [-0.25, -0.2) is 18.2 Å². The topological polar surface area (TPSA) is 79.4 Å². The number of carbonyl (C=O) groups excluding carboxylic acids is 1. The number of urea groups is 1. The van der Waals surface area contributed by atoms with Crippen molar-refractivity contribution in [2.75, 3.05) is 24.2 Å². The Morgan fingerprint density at radius 3 is 2.92 bits per heavy atom. The largest absolute Gasteiger partial charge is 0.323 e. The molecule has 6 nitrogen and oxygen atoms in total. The number of carbonyl (C=O) groups is 1. The smallest absolute Gasteiger partial charge is 0.322 e. The summed E-state index contributed by atoms with van der Waals surface area (Å²) < 4.78 is 23.5. The first kappa shape index (κ1) is 18.2. The predicted molar refractivity (Wildman–Crippen MR) is 100 cm³/mol. The molecule has 0 spiro atoms. The van der Waals surface area contributed by atoms with Crippen molar-refractivity contribution < 1.29 is 13.2 Å². The number of nitrogens with zero attached hydrogens (tertiary/aromatic N) is 2. The number of halogens is 1. The van der Waals surface area contributed by atoms with Crippen molar-refractivity contribution in [2.45, 2.75) is 18.6 Å². The van der Waals surface area contributed by atoms with E-state index in [-0.39, 0.29) is 24.9 Å². The maximum absolute atomic E-state index is 12.3. The van der Waals surface area contributed by atoms with Crippen LogP contribution < -0.4 is 5.32 Å². The minimum Gasteiger partial charge on any atom is -0.322 e. The number of hydrogen-bond acceptors (Lipinski definition) is 5. The summed E-state index contributed by atoms with van der Waals surface area (Å²) in [6.45, 7) is 2.03. The highest BCUT2D eigenvalue weighted by Crippen LogP contribution is 2.25. The van der Waals surface area contributed by atoms with E-state index in [2.05, 4.69) is 10.3 Å². The van der Waals surface area contributed by atoms with Gasteiger partial charge in [0.25, 0.3) is 0 Å². The highest BCUT2D eigenvalue weighted by molar-refractivity contribution is 7.92. The van der Waals surface area contributed by atoms with Crippen molar-refractivity contribution in [1.29, 1.82) is 0 Å². The van der Waals surface area contributed by atoms with Crippen LogP contribution in [0.15, 0.2) is 30.5 Å². The van der Waals surface area contributed by atoms with Crippen LogP contribution in [0.1, 0.15) is 17.4 Å². The van der Waals surface area contributed by atoms with E-state index in [1.807, 2.05) is 24.3 Å². The molecule has 1 aliphatic rings. The molecule has 1 aromatic carbocycles. The number of benzene rings is 1. The lowest BCUT2D eigenvalue weighted by Crippen LogP contribution is -2.49. The number of anilines is 1. The van der Waals surface area contributed by atoms with Crippen LogP contribution in [0.2, 0.25) is 5.02 Å². The fourth-order valence-electron chi connectivity index (χ4n) is 2.59. The minimum absolute atomic E-state index is 0.00277. The average molecular weight is 400 g/mol. The lowest BCUT2D eigenvalue weighted by Gasteiger charge is -2.30. The Morgan fingerprint density at radius 2 is 2.20 bits per heavy atom. The second-order valence-electron chi connectivity index (χ2n) is 5.95. The van der Waals surface area contributed by atoms with Crippen LogP contribution in [-0.4, -0.2) is 48.4 Å². The van der Waals surface area contributed by atoms with Crippen molar-refractivity contribution in [3.05, 3.63) is 45.9 Å². The summed E-state index contributed by atoms with van der Waals surface area (Å²) in [5.74, 6) is -0.00277. The molecule has 1 unspecified atom stereocenters. The van der Waals surface area contributed by atoms with Crippen LogP contribution >= 0.6 is 22.9 Å². The number of amides is 2. The number of thiazole rings is 1. The third-order valence-electron chi connectivity index (χ3n) is 4.11. The monoisotopic (exact) mass is 399 g/mol. The average Bonchev–Trinajstić information content (AvgIpc) is 2.99. The Balaban J connectivity index is 1.62. The second kappa shape index (κ2) is 7.31. The summed E-state index contributed by atoms with van der Waals surface area (Å²) >= 11 is 7.54. The first-order valence-electron chi connectivity index (χ1n) is 7.81. The Kier molecular flexibility index (Phi) is 5.31. The summed E-state index contributed by atoms with van der Waals surface area (Å²) in [4.78, 5) is 19.0. The number of nitrogens with one attached hydrogen (secondary N) is 1. The van der Waals surface area contributed by atoms with Crippen LogP contribution in [0.4, 0.5) is 9.93 Å². The molecule has 1 aromatic heterocycles. The first-order valence-corrected chi connectivity index (χ1v) is 10.7. The van der Waals surface area contributed by atoms with Gasteiger partial charge in [-0.3, -0.25) is 5.32 Å². The quantitative estimate of drug-likeness (QED) is 0.860. The molecule has 134 valence electrons. The molecule has 1 atom stereocenters. The summed E-state index contributed by atoms with van der Waals surface area (Å²) in [5, 5.41) is 3.40. The van der Waals surface area contributed by atoms with E-state index in [0.717, 1.165) is 10.4 Å². The Morgan fingerprint density at radius 1 is 1.44 bits per heavy atom. The van der Waals surface area contributed by atoms with Gasteiger partial charge in [0.2, 0.25) is 0 Å². The van der Waals surface area contributed by atoms with E-state index in [9.17, 15) is 13.2 Å². The Hall–Kier alpha value is -1.64. The Bertz CT molecular complexity index is 882. The molecular weight excluding hydrogens is 382 g/mol. The van der Waals surface area contributed by atoms with Gasteiger partial charge in [-0.05, 0) is 18.6 Å². The van der Waals surface area contributed by atoms with Gasteiger partial charge in [-0.2, -0.15) is 0 Å². The normalized spacial score (nSPS) is 19.6. The molecule has 1 saturated heterocycles. The number of hydrogen-bond donors (Lipinski definition) is 1. The first-order chi connectivity index (χ1) is 11.8. The molecule has 2 amide bonds. The molecular formula is C16H18ClN3O3S2. The molecule has 0 radical (unpaired) electrons. The Labute approximate surface area is 155 Å². The van der Waals surface area contributed by atoms with Crippen molar-refractivity contribution in [3.8, 4) is 0 Å². The van der Waals surface area contributed by atoms with Crippen molar-refractivity contribution in [1.82, 2.24) is 9.88 Å². The molecule has 1 aliphatic heterocycles. The fourth-order valence-corrected chi connectivity index (χ4v) is 4.90. The maximum atomic E-state index is 12.3. The molecule has 1 N–H and O–H groups in total. The highest BCUT2D eigenvalue weighted by atomic mass is 35.5. The van der Waals surface area contributed by atoms with E-state index >= 15 is 0 Å². The third kappa shape index (κ3) is 4.31. The van der Waals surface area contributed by atoms with Crippen molar-refractivity contribution in [2.24, 2.45) is 0 Å². The third-order valence-corrected chi connectivity index (χ3v) is 7.52. The van der Waals surface area contributed by atoms with Gasteiger partial charge in [-0.15, -0.1) is 11.3 Å². The zero-order chi connectivity index (χ0) is 18.0.